The summed E-state index contributed by atoms with van der Waals surface area (Å²) >= 11 is 0. The number of amides is 1. The van der Waals surface area contributed by atoms with E-state index in [-0.39, 0.29) is 5.56 Å². The lowest BCUT2D eigenvalue weighted by molar-refractivity contribution is -0.113. The zero-order valence-electron chi connectivity index (χ0n) is 14.2. The van der Waals surface area contributed by atoms with Gasteiger partial charge in [-0.15, -0.1) is 0 Å². The van der Waals surface area contributed by atoms with Crippen molar-refractivity contribution in [2.24, 2.45) is 7.05 Å². The third kappa shape index (κ3) is 2.44. The van der Waals surface area contributed by atoms with Gasteiger partial charge in [0.15, 0.2) is 0 Å². The Morgan fingerprint density at radius 2 is 1.92 bits per heavy atom. The van der Waals surface area contributed by atoms with Crippen LogP contribution >= 0.6 is 0 Å². The summed E-state index contributed by atoms with van der Waals surface area (Å²) in [6.07, 6.45) is 0. The van der Waals surface area contributed by atoms with E-state index < -0.39 is 24.9 Å². The molecule has 130 valence electrons. The normalized spacial score (nSPS) is 16.2. The Morgan fingerprint density at radius 1 is 1.29 bits per heavy atom. The number of rotatable bonds is 3. The highest BCUT2D eigenvalue weighted by atomic mass is 19.3. The Bertz CT molecular complexity index is 801. The molecule has 1 amide bonds. The molecule has 0 saturated carbocycles. The van der Waals surface area contributed by atoms with Crippen LogP contribution in [0.1, 0.15) is 21.8 Å². The van der Waals surface area contributed by atoms with E-state index in [1.165, 1.54) is 0 Å². The largest absolute Gasteiger partial charge is 0.362 e. The molecule has 0 unspecified atom stereocenters. The number of halogens is 2. The average Bonchev–Trinajstić information content (AvgIpc) is 2.94. The minimum atomic E-state index is -2.82. The molecule has 2 aromatic rings. The molecule has 2 aromatic heterocycles. The summed E-state index contributed by atoms with van der Waals surface area (Å²) in [5.41, 5.74) is 1.89. The molecular formula is C15H19F2N5O2. The highest BCUT2D eigenvalue weighted by molar-refractivity contribution is 6.02. The lowest BCUT2D eigenvalue weighted by Gasteiger charge is -2.38. The predicted octanol–water partition coefficient (Wildman–Crippen LogP) is 1.85. The summed E-state index contributed by atoms with van der Waals surface area (Å²) in [6, 6.07) is 0. The van der Waals surface area contributed by atoms with Crippen LogP contribution in [0.5, 0.6) is 0 Å². The zero-order chi connectivity index (χ0) is 17.8. The Balaban J connectivity index is 2.08. The van der Waals surface area contributed by atoms with Crippen molar-refractivity contribution in [1.82, 2.24) is 19.8 Å². The SMILES string of the molecule is Cc1nn(C)c(N(C)C)c1-c1noc(C)c1C(=O)N1CC(F)(F)C1. The monoisotopic (exact) mass is 339 g/mol. The molecule has 24 heavy (non-hydrogen) atoms. The Labute approximate surface area is 137 Å². The van der Waals surface area contributed by atoms with Crippen molar-refractivity contribution in [3.05, 3.63) is 17.0 Å². The first-order valence-corrected chi connectivity index (χ1v) is 7.47. The van der Waals surface area contributed by atoms with Crippen LogP contribution in [0.25, 0.3) is 11.3 Å². The van der Waals surface area contributed by atoms with E-state index in [1.54, 1.807) is 25.6 Å². The molecule has 0 radical (unpaired) electrons. The molecule has 0 aromatic carbocycles. The maximum atomic E-state index is 13.1. The molecule has 1 saturated heterocycles. The number of hydrogen-bond acceptors (Lipinski definition) is 5. The van der Waals surface area contributed by atoms with Crippen LogP contribution in [0, 0.1) is 13.8 Å². The Morgan fingerprint density at radius 3 is 2.46 bits per heavy atom. The molecular weight excluding hydrogens is 320 g/mol. The van der Waals surface area contributed by atoms with Gasteiger partial charge in [-0.05, 0) is 13.8 Å². The second-order valence-corrected chi connectivity index (χ2v) is 6.28. The third-order valence-corrected chi connectivity index (χ3v) is 4.06. The van der Waals surface area contributed by atoms with E-state index in [0.29, 0.717) is 22.7 Å². The highest BCUT2D eigenvalue weighted by Crippen LogP contribution is 2.37. The molecule has 9 heteroatoms. The molecule has 0 aliphatic carbocycles. The quantitative estimate of drug-likeness (QED) is 0.854. The Kier molecular flexibility index (Phi) is 3.61. The summed E-state index contributed by atoms with van der Waals surface area (Å²) in [5, 5.41) is 8.38. The van der Waals surface area contributed by atoms with Crippen LogP contribution in [-0.2, 0) is 7.05 Å². The molecule has 1 aliphatic rings. The predicted molar refractivity (Wildman–Crippen MR) is 83.4 cm³/mol. The summed E-state index contributed by atoms with van der Waals surface area (Å²) in [4.78, 5) is 15.6. The number of likely N-dealkylation sites (tertiary alicyclic amines) is 1. The molecule has 1 fully saturated rings. The van der Waals surface area contributed by atoms with E-state index in [2.05, 4.69) is 10.3 Å². The molecule has 3 heterocycles. The van der Waals surface area contributed by atoms with E-state index in [1.807, 2.05) is 19.0 Å². The van der Waals surface area contributed by atoms with Crippen molar-refractivity contribution in [2.45, 2.75) is 19.8 Å². The van der Waals surface area contributed by atoms with Crippen LogP contribution in [-0.4, -0.2) is 58.9 Å². The lowest BCUT2D eigenvalue weighted by Crippen LogP contribution is -2.58. The summed E-state index contributed by atoms with van der Waals surface area (Å²) in [7, 11) is 5.49. The van der Waals surface area contributed by atoms with E-state index in [4.69, 9.17) is 4.52 Å². The molecule has 0 bridgehead atoms. The molecule has 3 rings (SSSR count). The first-order chi connectivity index (χ1) is 11.1. The molecule has 0 N–H and O–H groups in total. The fraction of sp³-hybridized carbons (Fsp3) is 0.533. The summed E-state index contributed by atoms with van der Waals surface area (Å²) < 4.78 is 33.1. The number of alkyl halides is 2. The molecule has 0 spiro atoms. The minimum Gasteiger partial charge on any atom is -0.362 e. The van der Waals surface area contributed by atoms with Crippen molar-refractivity contribution >= 4 is 11.7 Å². The van der Waals surface area contributed by atoms with Gasteiger partial charge in [-0.1, -0.05) is 5.16 Å². The van der Waals surface area contributed by atoms with E-state index in [0.717, 1.165) is 10.7 Å². The number of nitrogens with zero attached hydrogens (tertiary/aromatic N) is 5. The van der Waals surface area contributed by atoms with E-state index >= 15 is 0 Å². The smallest absolute Gasteiger partial charge is 0.282 e. The van der Waals surface area contributed by atoms with Gasteiger partial charge in [-0.2, -0.15) is 5.10 Å². The maximum Gasteiger partial charge on any atom is 0.282 e. The van der Waals surface area contributed by atoms with Crippen molar-refractivity contribution in [3.8, 4) is 11.3 Å². The highest BCUT2D eigenvalue weighted by Gasteiger charge is 2.47. The van der Waals surface area contributed by atoms with Gasteiger partial charge in [-0.25, -0.2) is 8.78 Å². The van der Waals surface area contributed by atoms with Crippen molar-refractivity contribution in [2.75, 3.05) is 32.1 Å². The zero-order valence-corrected chi connectivity index (χ0v) is 14.2. The molecule has 0 atom stereocenters. The van der Waals surface area contributed by atoms with Gasteiger partial charge in [0.2, 0.25) is 0 Å². The first kappa shape index (κ1) is 16.4. The number of aromatic nitrogens is 3. The van der Waals surface area contributed by atoms with Gasteiger partial charge in [0.1, 0.15) is 22.8 Å². The van der Waals surface area contributed by atoms with Crippen molar-refractivity contribution < 1.29 is 18.1 Å². The standard InChI is InChI=1S/C15H19F2N5O2/c1-8-10(13(20(3)4)21(5)18-8)12-11(9(2)24-19-12)14(23)22-6-15(16,17)7-22/h6-7H2,1-5H3. The van der Waals surface area contributed by atoms with Crippen molar-refractivity contribution in [3.63, 3.8) is 0 Å². The minimum absolute atomic E-state index is 0.213. The summed E-state index contributed by atoms with van der Waals surface area (Å²) in [6.45, 7) is 2.24. The topological polar surface area (TPSA) is 67.4 Å². The summed E-state index contributed by atoms with van der Waals surface area (Å²) in [5.74, 6) is -2.26. The number of carbonyl (C=O) groups excluding carboxylic acids is 1. The van der Waals surface area contributed by atoms with Gasteiger partial charge in [0.05, 0.1) is 24.3 Å². The third-order valence-electron chi connectivity index (χ3n) is 4.06. The van der Waals surface area contributed by atoms with Gasteiger partial charge in [0, 0.05) is 21.1 Å². The van der Waals surface area contributed by atoms with Gasteiger partial charge in [-0.3, -0.25) is 9.48 Å². The van der Waals surface area contributed by atoms with E-state index in [9.17, 15) is 13.6 Å². The second-order valence-electron chi connectivity index (χ2n) is 6.28. The van der Waals surface area contributed by atoms with Gasteiger partial charge < -0.3 is 14.3 Å². The fourth-order valence-electron chi connectivity index (χ4n) is 3.04. The van der Waals surface area contributed by atoms with Gasteiger partial charge in [0.25, 0.3) is 11.8 Å². The average molecular weight is 339 g/mol. The number of aryl methyl sites for hydroxylation is 3. The second kappa shape index (κ2) is 5.29. The first-order valence-electron chi connectivity index (χ1n) is 7.47. The number of hydrogen-bond donors (Lipinski definition) is 0. The number of anilines is 1. The van der Waals surface area contributed by atoms with Crippen LogP contribution in [0.2, 0.25) is 0 Å². The lowest BCUT2D eigenvalue weighted by atomic mass is 10.0. The van der Waals surface area contributed by atoms with Crippen LogP contribution in [0.15, 0.2) is 4.52 Å². The Hall–Kier alpha value is -2.45. The van der Waals surface area contributed by atoms with Crippen LogP contribution < -0.4 is 4.90 Å². The van der Waals surface area contributed by atoms with Gasteiger partial charge >= 0.3 is 0 Å². The number of carbonyl (C=O) groups is 1. The van der Waals surface area contributed by atoms with Crippen molar-refractivity contribution in [1.29, 1.82) is 0 Å². The molecule has 7 nitrogen and oxygen atoms in total. The van der Waals surface area contributed by atoms with Crippen LogP contribution in [0.4, 0.5) is 14.6 Å². The fourth-order valence-corrected chi connectivity index (χ4v) is 3.04. The molecule has 1 aliphatic heterocycles. The van der Waals surface area contributed by atoms with Crippen LogP contribution in [0.3, 0.4) is 0 Å². The maximum absolute atomic E-state index is 13.1.